The molecule has 2 aliphatic heterocycles. The molecule has 2 N–H and O–H groups in total. The smallest absolute Gasteiger partial charge is 0.406 e. The zero-order valence-corrected chi connectivity index (χ0v) is 28.0. The Morgan fingerprint density at radius 3 is 2.38 bits per heavy atom. The van der Waals surface area contributed by atoms with Crippen LogP contribution in [0.25, 0.3) is 10.9 Å². The van der Waals surface area contributed by atoms with Crippen LogP contribution in [0.4, 0.5) is 24.5 Å². The number of aromatic nitrogens is 1. The summed E-state index contributed by atoms with van der Waals surface area (Å²) < 4.78 is 77.1. The lowest BCUT2D eigenvalue weighted by Crippen LogP contribution is -2.58. The van der Waals surface area contributed by atoms with E-state index in [9.17, 15) is 21.6 Å². The van der Waals surface area contributed by atoms with Crippen molar-refractivity contribution in [1.82, 2.24) is 9.47 Å². The summed E-state index contributed by atoms with van der Waals surface area (Å²) in [4.78, 5) is 2.79. The van der Waals surface area contributed by atoms with Gasteiger partial charge in [0, 0.05) is 40.4 Å². The molecule has 1 spiro atoms. The topological polar surface area (TPSA) is 84.8 Å². The Balaban J connectivity index is 1.16. The molecule has 254 valence electrons. The van der Waals surface area contributed by atoms with Gasteiger partial charge in [0.1, 0.15) is 12.3 Å². The predicted octanol–water partition coefficient (Wildman–Crippen LogP) is 6.30. The van der Waals surface area contributed by atoms with Crippen LogP contribution in [0.3, 0.4) is 0 Å². The lowest BCUT2D eigenvalue weighted by Gasteiger charge is -2.53. The van der Waals surface area contributed by atoms with E-state index in [4.69, 9.17) is 9.47 Å². The number of sulfone groups is 1. The van der Waals surface area contributed by atoms with E-state index in [-0.39, 0.29) is 28.7 Å². The third-order valence-corrected chi connectivity index (χ3v) is 11.4. The normalized spacial score (nSPS) is 23.1. The fourth-order valence-electron chi connectivity index (χ4n) is 7.31. The van der Waals surface area contributed by atoms with Gasteiger partial charge in [-0.1, -0.05) is 12.0 Å². The number of hydrogen-bond donors (Lipinski definition) is 2. The van der Waals surface area contributed by atoms with Gasteiger partial charge < -0.3 is 24.7 Å². The van der Waals surface area contributed by atoms with Crippen molar-refractivity contribution in [2.75, 3.05) is 56.8 Å². The first-order valence-electron chi connectivity index (χ1n) is 16.2. The summed E-state index contributed by atoms with van der Waals surface area (Å²) >= 11 is 0. The van der Waals surface area contributed by atoms with Crippen molar-refractivity contribution in [3.05, 3.63) is 48.2 Å². The molecule has 47 heavy (non-hydrogen) atoms. The maximum Gasteiger partial charge on any atom is 0.406 e. The molecule has 3 aromatic rings. The number of nitrogens with zero attached hydrogens (tertiary/aromatic N) is 2. The van der Waals surface area contributed by atoms with E-state index in [1.165, 1.54) is 36.7 Å². The minimum Gasteiger partial charge on any atom is -0.495 e. The second-order valence-electron chi connectivity index (χ2n) is 13.7. The molecule has 3 heterocycles. The van der Waals surface area contributed by atoms with Gasteiger partial charge in [-0.25, -0.2) is 8.42 Å². The van der Waals surface area contributed by atoms with Gasteiger partial charge in [-0.2, -0.15) is 13.2 Å². The van der Waals surface area contributed by atoms with Crippen molar-refractivity contribution in [3.8, 4) is 17.6 Å². The molecule has 12 heteroatoms. The maximum absolute atomic E-state index is 13.7. The Kier molecular flexibility index (Phi) is 9.19. The van der Waals surface area contributed by atoms with Crippen molar-refractivity contribution in [2.45, 2.75) is 74.6 Å². The molecular weight excluding hydrogens is 629 g/mol. The Morgan fingerprint density at radius 2 is 1.77 bits per heavy atom. The highest BCUT2D eigenvalue weighted by Crippen LogP contribution is 2.43. The van der Waals surface area contributed by atoms with Crippen molar-refractivity contribution in [2.24, 2.45) is 5.41 Å². The number of hydrogen-bond acceptors (Lipinski definition) is 7. The van der Waals surface area contributed by atoms with E-state index >= 15 is 0 Å². The van der Waals surface area contributed by atoms with E-state index in [0.29, 0.717) is 27.8 Å². The minimum absolute atomic E-state index is 0.111. The number of benzene rings is 2. The Labute approximate surface area is 274 Å². The highest BCUT2D eigenvalue weighted by molar-refractivity contribution is 7.90. The molecule has 6 rings (SSSR count). The van der Waals surface area contributed by atoms with Crippen molar-refractivity contribution >= 4 is 32.1 Å². The monoisotopic (exact) mass is 672 g/mol. The van der Waals surface area contributed by atoms with Crippen molar-refractivity contribution < 1.29 is 31.1 Å². The van der Waals surface area contributed by atoms with Gasteiger partial charge in [0.25, 0.3) is 0 Å². The number of ether oxygens (including phenoxy) is 2. The molecular formula is C35H43F3N4O4S. The molecule has 2 aromatic carbocycles. The summed E-state index contributed by atoms with van der Waals surface area (Å²) in [7, 11) is -1.98. The number of nitrogens with one attached hydrogen (secondary N) is 2. The number of piperidine rings is 1. The van der Waals surface area contributed by atoms with E-state index < -0.39 is 22.6 Å². The van der Waals surface area contributed by atoms with E-state index in [2.05, 4.69) is 34.3 Å². The predicted molar refractivity (Wildman–Crippen MR) is 178 cm³/mol. The molecule has 1 saturated carbocycles. The first-order chi connectivity index (χ1) is 22.3. The van der Waals surface area contributed by atoms with Crippen molar-refractivity contribution in [3.63, 3.8) is 0 Å². The van der Waals surface area contributed by atoms with Gasteiger partial charge in [-0.3, -0.25) is 4.90 Å². The second kappa shape index (κ2) is 12.9. The minimum atomic E-state index is -4.42. The van der Waals surface area contributed by atoms with Crippen LogP contribution in [0.5, 0.6) is 5.75 Å². The van der Waals surface area contributed by atoms with Gasteiger partial charge in [-0.15, -0.1) is 0 Å². The summed E-state index contributed by atoms with van der Waals surface area (Å²) in [5.74, 6) is 6.19. The van der Waals surface area contributed by atoms with Crippen molar-refractivity contribution in [1.29, 1.82) is 0 Å². The molecule has 1 aliphatic carbocycles. The van der Waals surface area contributed by atoms with Crippen LogP contribution in [0, 0.1) is 17.3 Å². The number of halogens is 3. The molecule has 2 saturated heterocycles. The molecule has 3 aliphatic rings. The van der Waals surface area contributed by atoms with Gasteiger partial charge in [0.2, 0.25) is 0 Å². The third-order valence-electron chi connectivity index (χ3n) is 10.3. The van der Waals surface area contributed by atoms with Crippen LogP contribution in [0.15, 0.2) is 47.4 Å². The third kappa shape index (κ3) is 7.37. The number of rotatable bonds is 8. The summed E-state index contributed by atoms with van der Waals surface area (Å²) in [6, 6.07) is 11.9. The number of anilines is 2. The molecule has 1 aromatic heterocycles. The fourth-order valence-corrected chi connectivity index (χ4v) is 7.94. The number of alkyl halides is 3. The average molecular weight is 673 g/mol. The largest absolute Gasteiger partial charge is 0.495 e. The van der Waals surface area contributed by atoms with Crippen LogP contribution in [-0.4, -0.2) is 81.9 Å². The van der Waals surface area contributed by atoms with E-state index in [1.54, 1.807) is 24.3 Å². The SMILES string of the molecule is COc1cc(S(C)(=O)=O)ccc1NCC#Cc1cc2c(N[C@H]3CC[C@@](C)(N4CCC5(CC4)COC5)CC3)cccc2n1CC(F)(F)F. The molecule has 3 fully saturated rings. The fraction of sp³-hybridized carbons (Fsp3) is 0.543. The molecule has 0 amide bonds. The van der Waals surface area contributed by atoms with Gasteiger partial charge >= 0.3 is 6.18 Å². The zero-order chi connectivity index (χ0) is 33.5. The zero-order valence-electron chi connectivity index (χ0n) is 27.2. The summed E-state index contributed by atoms with van der Waals surface area (Å²) in [6.07, 6.45) is 3.23. The highest BCUT2D eigenvalue weighted by Gasteiger charge is 2.45. The van der Waals surface area contributed by atoms with E-state index in [1.807, 2.05) is 6.07 Å². The Morgan fingerprint density at radius 1 is 1.04 bits per heavy atom. The lowest BCUT2D eigenvalue weighted by atomic mass is 9.73. The highest BCUT2D eigenvalue weighted by atomic mass is 32.2. The van der Waals surface area contributed by atoms with Gasteiger partial charge in [-0.05, 0) is 94.8 Å². The molecule has 0 bridgehead atoms. The van der Waals surface area contributed by atoms with Crippen LogP contribution in [0.2, 0.25) is 0 Å². The molecule has 0 atom stereocenters. The lowest BCUT2D eigenvalue weighted by molar-refractivity contribution is -0.149. The quantitative estimate of drug-likeness (QED) is 0.272. The number of likely N-dealkylation sites (tertiary alicyclic amines) is 1. The first-order valence-corrected chi connectivity index (χ1v) is 18.1. The maximum atomic E-state index is 13.7. The van der Waals surface area contributed by atoms with Crippen LogP contribution in [-0.2, 0) is 21.1 Å². The van der Waals surface area contributed by atoms with Gasteiger partial charge in [0.05, 0.1) is 48.7 Å². The second-order valence-corrected chi connectivity index (χ2v) is 15.7. The summed E-state index contributed by atoms with van der Waals surface area (Å²) in [6.45, 7) is 5.39. The van der Waals surface area contributed by atoms with Crippen LogP contribution < -0.4 is 15.4 Å². The van der Waals surface area contributed by atoms with Crippen LogP contribution >= 0.6 is 0 Å². The molecule has 8 nitrogen and oxygen atoms in total. The Bertz CT molecular complexity index is 1770. The number of fused-ring (bicyclic) bond motifs is 1. The number of methoxy groups -OCH3 is 1. The molecule has 0 unspecified atom stereocenters. The van der Waals surface area contributed by atoms with Crippen LogP contribution in [0.1, 0.15) is 51.1 Å². The van der Waals surface area contributed by atoms with Gasteiger partial charge in [0.15, 0.2) is 9.84 Å². The first kappa shape index (κ1) is 33.5. The summed E-state index contributed by atoms with van der Waals surface area (Å²) in [5.41, 5.74) is 2.67. The Hall–Kier alpha value is -3.40. The average Bonchev–Trinajstić information content (AvgIpc) is 3.35. The molecule has 0 radical (unpaired) electrons. The van der Waals surface area contributed by atoms with E-state index in [0.717, 1.165) is 63.9 Å². The summed E-state index contributed by atoms with van der Waals surface area (Å²) in [5, 5.41) is 7.46. The standard InChI is InChI=1S/C35H43F3N4O4S/c1-33(41-18-15-34(16-19-41)23-46-24-34)13-11-25(12-14-33)40-29-7-4-8-31-28(29)20-26(42(31)22-35(36,37)38)6-5-17-39-30-10-9-27(47(3,43)44)21-32(30)45-2/h4,7-10,20-21,25,39-40H,11-19,22-24H2,1-3H3/t25-,33+.